The second-order valence-electron chi connectivity index (χ2n) is 10.4. The van der Waals surface area contributed by atoms with Gasteiger partial charge in [0, 0.05) is 24.5 Å². The summed E-state index contributed by atoms with van der Waals surface area (Å²) >= 11 is 0. The predicted octanol–water partition coefficient (Wildman–Crippen LogP) is 3.70. The second-order valence-corrected chi connectivity index (χ2v) is 10.4. The first-order valence-electron chi connectivity index (χ1n) is 13.6. The summed E-state index contributed by atoms with van der Waals surface area (Å²) in [6.07, 6.45) is 16.0. The van der Waals surface area contributed by atoms with Gasteiger partial charge in [0.2, 0.25) is 11.7 Å². The molecule has 1 aliphatic heterocycles. The number of ketones is 2. The van der Waals surface area contributed by atoms with Crippen molar-refractivity contribution in [2.75, 3.05) is 0 Å². The van der Waals surface area contributed by atoms with E-state index in [1.807, 2.05) is 6.92 Å². The summed E-state index contributed by atoms with van der Waals surface area (Å²) in [5.41, 5.74) is -0.310. The zero-order valence-corrected chi connectivity index (χ0v) is 23.4. The Kier molecular flexibility index (Phi) is 10.4. The highest BCUT2D eigenvalue weighted by atomic mass is 16.6. The van der Waals surface area contributed by atoms with Crippen LogP contribution in [0.4, 0.5) is 0 Å². The number of unbranched alkanes of at least 4 members (excludes halogenated alkanes) is 1. The third-order valence-electron chi connectivity index (χ3n) is 6.81. The predicted molar refractivity (Wildman–Crippen MR) is 151 cm³/mol. The zero-order chi connectivity index (χ0) is 29.4. The number of carbonyl (C=O) groups excluding carboxylic acids is 4. The average molecular weight is 551 g/mol. The van der Waals surface area contributed by atoms with E-state index in [0.29, 0.717) is 11.5 Å². The molecular formula is C31H38N2O7. The van der Waals surface area contributed by atoms with Crippen LogP contribution in [0.2, 0.25) is 0 Å². The van der Waals surface area contributed by atoms with Crippen molar-refractivity contribution >= 4 is 23.4 Å². The Hall–Kier alpha value is -3.82. The molecule has 40 heavy (non-hydrogen) atoms. The van der Waals surface area contributed by atoms with Crippen LogP contribution in [-0.4, -0.2) is 51.4 Å². The molecule has 0 aromatic heterocycles. The fourth-order valence-corrected chi connectivity index (χ4v) is 4.61. The summed E-state index contributed by atoms with van der Waals surface area (Å²) in [4.78, 5) is 49.0. The molecule has 3 aliphatic rings. The first kappa shape index (κ1) is 30.7. The van der Waals surface area contributed by atoms with Gasteiger partial charge in [-0.15, -0.1) is 0 Å². The molecule has 1 fully saturated rings. The fourth-order valence-electron chi connectivity index (χ4n) is 4.61. The Labute approximate surface area is 234 Å². The van der Waals surface area contributed by atoms with Gasteiger partial charge in [0.25, 0.3) is 5.91 Å². The molecular weight excluding hydrogens is 512 g/mol. The third kappa shape index (κ3) is 8.09. The number of amides is 2. The molecule has 9 heteroatoms. The van der Waals surface area contributed by atoms with Gasteiger partial charge < -0.3 is 25.6 Å². The number of hydrogen-bond acceptors (Lipinski definition) is 7. The van der Waals surface area contributed by atoms with Crippen LogP contribution in [0.3, 0.4) is 0 Å². The molecule has 2 amide bonds. The van der Waals surface area contributed by atoms with Crippen LogP contribution in [0.25, 0.3) is 0 Å². The zero-order valence-electron chi connectivity index (χ0n) is 23.4. The molecule has 3 rings (SSSR count). The third-order valence-corrected chi connectivity index (χ3v) is 6.81. The average Bonchev–Trinajstić information content (AvgIpc) is 3.66. The van der Waals surface area contributed by atoms with Crippen molar-refractivity contribution in [3.63, 3.8) is 0 Å². The number of aliphatic hydroxyl groups excluding tert-OH is 1. The number of fused-ring (bicyclic) bond motifs is 1. The smallest absolute Gasteiger partial charge is 0.251 e. The van der Waals surface area contributed by atoms with E-state index in [4.69, 9.17) is 4.74 Å². The number of epoxide rings is 1. The minimum atomic E-state index is -1.61. The molecule has 214 valence electrons. The van der Waals surface area contributed by atoms with E-state index in [1.165, 1.54) is 36.5 Å². The van der Waals surface area contributed by atoms with Crippen molar-refractivity contribution in [2.45, 2.75) is 77.6 Å². The maximum atomic E-state index is 12.8. The molecule has 2 aliphatic carbocycles. The summed E-state index contributed by atoms with van der Waals surface area (Å²) in [7, 11) is 0. The Morgan fingerprint density at radius 1 is 1.15 bits per heavy atom. The molecule has 4 N–H and O–H groups in total. The Morgan fingerprint density at radius 3 is 2.55 bits per heavy atom. The number of allylic oxidation sites excluding steroid dienone is 9. The fraction of sp³-hybridized carbons (Fsp3) is 0.419. The molecule has 0 aromatic carbocycles. The molecule has 0 spiro atoms. The lowest BCUT2D eigenvalue weighted by Gasteiger charge is -2.23. The van der Waals surface area contributed by atoms with Gasteiger partial charge in [-0.1, -0.05) is 68.7 Å². The van der Waals surface area contributed by atoms with E-state index in [0.717, 1.165) is 24.8 Å². The van der Waals surface area contributed by atoms with Gasteiger partial charge in [0.1, 0.15) is 23.2 Å². The van der Waals surface area contributed by atoms with E-state index in [-0.39, 0.29) is 35.8 Å². The summed E-state index contributed by atoms with van der Waals surface area (Å²) < 4.78 is 5.39. The van der Waals surface area contributed by atoms with Crippen molar-refractivity contribution in [3.05, 3.63) is 83.0 Å². The van der Waals surface area contributed by atoms with E-state index < -0.39 is 35.4 Å². The largest absolute Gasteiger partial charge is 0.510 e. The molecule has 1 heterocycles. The number of ether oxygens (including phenoxy) is 1. The monoisotopic (exact) mass is 550 g/mol. The van der Waals surface area contributed by atoms with Gasteiger partial charge in [-0.2, -0.15) is 0 Å². The molecule has 1 unspecified atom stereocenters. The summed E-state index contributed by atoms with van der Waals surface area (Å²) in [6, 6.07) is 0. The molecule has 4 atom stereocenters. The summed E-state index contributed by atoms with van der Waals surface area (Å²) in [5.74, 6) is -1.43. The lowest BCUT2D eigenvalue weighted by Crippen LogP contribution is -2.42. The number of hydrogen-bond donors (Lipinski definition) is 4. The van der Waals surface area contributed by atoms with Gasteiger partial charge in [0.15, 0.2) is 11.9 Å². The topological polar surface area (TPSA) is 145 Å². The van der Waals surface area contributed by atoms with Crippen molar-refractivity contribution in [3.8, 4) is 0 Å². The van der Waals surface area contributed by atoms with Gasteiger partial charge in [-0.3, -0.25) is 19.2 Å². The molecule has 0 aromatic rings. The van der Waals surface area contributed by atoms with Crippen LogP contribution < -0.4 is 10.6 Å². The van der Waals surface area contributed by atoms with Gasteiger partial charge in [-0.05, 0) is 38.3 Å². The Morgan fingerprint density at radius 2 is 1.88 bits per heavy atom. The van der Waals surface area contributed by atoms with Crippen LogP contribution in [0.5, 0.6) is 0 Å². The van der Waals surface area contributed by atoms with Crippen molar-refractivity contribution in [1.82, 2.24) is 10.6 Å². The van der Waals surface area contributed by atoms with Gasteiger partial charge in [0.05, 0.1) is 5.70 Å². The number of aliphatic hydroxyl groups is 2. The standard InChI is InChI=1S/C31H38N2O7/c1-5-6-11-19(2)16-20(3)17-21(4)30(38)32-22-18-31(39,29-28(40-29)27(22)37)15-10-8-7-9-12-25(36)33-26-23(34)13-14-24(26)35/h7-10,12,15-19,28-29,34,39H,5-6,11,13-14H2,1-4H3,(H,32,38)(H,33,36)/t19?,28-,29+,31-/m0/s1. The van der Waals surface area contributed by atoms with Crippen LogP contribution >= 0.6 is 0 Å². The van der Waals surface area contributed by atoms with E-state index in [9.17, 15) is 29.4 Å². The highest BCUT2D eigenvalue weighted by Crippen LogP contribution is 2.40. The van der Waals surface area contributed by atoms with Gasteiger partial charge in [-0.25, -0.2) is 0 Å². The Bertz CT molecular complexity index is 1260. The lowest BCUT2D eigenvalue weighted by molar-refractivity contribution is -0.121. The Balaban J connectivity index is 1.60. The normalized spacial score (nSPS) is 26.1. The highest BCUT2D eigenvalue weighted by Gasteiger charge is 2.59. The summed E-state index contributed by atoms with van der Waals surface area (Å²) in [6.45, 7) is 7.90. The molecule has 0 bridgehead atoms. The van der Waals surface area contributed by atoms with Crippen LogP contribution in [0.1, 0.15) is 59.8 Å². The second kappa shape index (κ2) is 13.5. The molecule has 9 nitrogen and oxygen atoms in total. The van der Waals surface area contributed by atoms with Crippen LogP contribution in [0, 0.1) is 5.92 Å². The van der Waals surface area contributed by atoms with Gasteiger partial charge >= 0.3 is 0 Å². The van der Waals surface area contributed by atoms with E-state index in [1.54, 1.807) is 19.1 Å². The highest BCUT2D eigenvalue weighted by molar-refractivity contribution is 6.07. The van der Waals surface area contributed by atoms with E-state index >= 15 is 0 Å². The number of rotatable bonds is 12. The SMILES string of the molecule is CCCCC(C)C=C(C)C=C(C)C(=O)NC1=C[C@@](O)(C=CC=CC=CC(=O)NC2=C(O)CCC2=O)[C@@H]2O[C@H]2C1=O. The number of nitrogens with one attached hydrogen (secondary N) is 2. The molecule has 0 radical (unpaired) electrons. The maximum Gasteiger partial charge on any atom is 0.251 e. The first-order chi connectivity index (χ1) is 18.9. The maximum absolute atomic E-state index is 12.8. The summed E-state index contributed by atoms with van der Waals surface area (Å²) in [5, 5.41) is 25.7. The molecule has 1 saturated heterocycles. The van der Waals surface area contributed by atoms with Crippen LogP contribution in [0.15, 0.2) is 83.0 Å². The quantitative estimate of drug-likeness (QED) is 0.165. The van der Waals surface area contributed by atoms with E-state index in [2.05, 4.69) is 30.6 Å². The van der Waals surface area contributed by atoms with Crippen molar-refractivity contribution < 1.29 is 34.1 Å². The minimum absolute atomic E-state index is 0.0267. The lowest BCUT2D eigenvalue weighted by atomic mass is 9.88. The van der Waals surface area contributed by atoms with Crippen LogP contribution in [-0.2, 0) is 23.9 Å². The first-order valence-corrected chi connectivity index (χ1v) is 13.6. The van der Waals surface area contributed by atoms with Crippen molar-refractivity contribution in [2.24, 2.45) is 5.92 Å². The van der Waals surface area contributed by atoms with Crippen molar-refractivity contribution in [1.29, 1.82) is 0 Å². The number of carbonyl (C=O) groups is 4. The molecule has 0 saturated carbocycles. The number of Topliss-reactive ketones (excluding diaryl/α,β-unsaturated/α-hetero) is 2. The minimum Gasteiger partial charge on any atom is -0.510 e.